The molecule has 6 heteroatoms. The maximum Gasteiger partial charge on any atom is 0.525 e. The zero-order valence-electron chi connectivity index (χ0n) is 11.3. The Bertz CT molecular complexity index is 576. The highest BCUT2D eigenvalue weighted by atomic mass is 32.1. The van der Waals surface area contributed by atoms with E-state index >= 15 is 0 Å². The van der Waals surface area contributed by atoms with Crippen molar-refractivity contribution in [1.29, 1.82) is 0 Å². The second-order valence-corrected chi connectivity index (χ2v) is 8.51. The van der Waals surface area contributed by atoms with E-state index in [2.05, 4.69) is 34.5 Å². The lowest BCUT2D eigenvalue weighted by Gasteiger charge is -2.24. The topological polar surface area (TPSA) is 30.7 Å². The van der Waals surface area contributed by atoms with Crippen molar-refractivity contribution in [1.82, 2.24) is 0 Å². The number of nitrogens with zero attached hydrogens (tertiary/aromatic N) is 1. The van der Waals surface area contributed by atoms with E-state index in [-0.39, 0.29) is 5.67 Å². The van der Waals surface area contributed by atoms with Gasteiger partial charge in [0.15, 0.2) is 0 Å². The molecule has 0 amide bonds. The minimum absolute atomic E-state index is 0.227. The van der Waals surface area contributed by atoms with E-state index < -0.39 is 8.80 Å². The molecule has 1 aromatic heterocycles. The quantitative estimate of drug-likeness (QED) is 0.626. The van der Waals surface area contributed by atoms with Crippen molar-refractivity contribution in [2.45, 2.75) is 5.67 Å². The molecule has 3 rings (SSSR count). The van der Waals surface area contributed by atoms with Crippen molar-refractivity contribution in [3.63, 3.8) is 0 Å². The predicted octanol–water partition coefficient (Wildman–Crippen LogP) is 2.51. The van der Waals surface area contributed by atoms with Gasteiger partial charge in [-0.15, -0.1) is 11.3 Å². The first-order valence-electron chi connectivity index (χ1n) is 6.14. The van der Waals surface area contributed by atoms with Crippen molar-refractivity contribution in [2.75, 3.05) is 32.8 Å². The number of hydrogen-bond donors (Lipinski definition) is 0. The lowest BCUT2D eigenvalue weighted by Crippen LogP contribution is -2.50. The smallest absolute Gasteiger partial charge is 0.376 e. The van der Waals surface area contributed by atoms with E-state index in [0.29, 0.717) is 0 Å². The van der Waals surface area contributed by atoms with Gasteiger partial charge in [0, 0.05) is 43.3 Å². The van der Waals surface area contributed by atoms with Gasteiger partial charge in [0.1, 0.15) is 5.67 Å². The van der Waals surface area contributed by atoms with E-state index in [4.69, 9.17) is 13.3 Å². The summed E-state index contributed by atoms with van der Waals surface area (Å²) in [6.07, 6.45) is 0. The molecular weight excluding hydrogens is 278 g/mol. The molecule has 102 valence electrons. The van der Waals surface area contributed by atoms with Crippen LogP contribution in [0.4, 0.5) is 5.69 Å². The summed E-state index contributed by atoms with van der Waals surface area (Å²) in [4.78, 5) is 2.31. The van der Waals surface area contributed by atoms with Crippen molar-refractivity contribution < 1.29 is 13.3 Å². The fourth-order valence-electron chi connectivity index (χ4n) is 2.55. The Morgan fingerprint density at radius 3 is 2.53 bits per heavy atom. The Morgan fingerprint density at radius 1 is 1.16 bits per heavy atom. The second-order valence-electron chi connectivity index (χ2n) is 4.50. The van der Waals surface area contributed by atoms with Crippen LogP contribution in [0.1, 0.15) is 0 Å². The number of benzene rings is 1. The summed E-state index contributed by atoms with van der Waals surface area (Å²) in [6, 6.07) is 8.45. The Morgan fingerprint density at radius 2 is 1.84 bits per heavy atom. The minimum Gasteiger partial charge on any atom is -0.376 e. The van der Waals surface area contributed by atoms with Crippen LogP contribution in [0.15, 0.2) is 29.6 Å². The maximum atomic E-state index is 5.56. The molecule has 1 aliphatic heterocycles. The maximum absolute atomic E-state index is 5.56. The number of anilines is 1. The van der Waals surface area contributed by atoms with Crippen LogP contribution in [0.2, 0.25) is 0 Å². The van der Waals surface area contributed by atoms with Gasteiger partial charge in [-0.3, -0.25) is 0 Å². The fraction of sp³-hybridized carbons (Fsp3) is 0.385. The molecule has 2 heterocycles. The van der Waals surface area contributed by atoms with Crippen LogP contribution in [0.3, 0.4) is 0 Å². The molecule has 0 bridgehead atoms. The van der Waals surface area contributed by atoms with Gasteiger partial charge in [-0.2, -0.15) is 0 Å². The van der Waals surface area contributed by atoms with Crippen LogP contribution in [0, 0.1) is 0 Å². The molecular formula is C13H17NO3SSi. The fourth-order valence-corrected chi connectivity index (χ4v) is 5.77. The van der Waals surface area contributed by atoms with Gasteiger partial charge in [-0.25, -0.2) is 0 Å². The average molecular weight is 295 g/mol. The van der Waals surface area contributed by atoms with Gasteiger partial charge in [-0.1, -0.05) is 18.2 Å². The Labute approximate surface area is 117 Å². The molecule has 1 unspecified atom stereocenters. The molecule has 19 heavy (non-hydrogen) atoms. The summed E-state index contributed by atoms with van der Waals surface area (Å²) < 4.78 is 18.0. The molecule has 1 aliphatic rings. The van der Waals surface area contributed by atoms with E-state index in [1.807, 2.05) is 0 Å². The molecule has 0 saturated carbocycles. The highest BCUT2D eigenvalue weighted by Crippen LogP contribution is 2.41. The molecule has 0 radical (unpaired) electrons. The molecule has 1 atom stereocenters. The van der Waals surface area contributed by atoms with Gasteiger partial charge in [0.2, 0.25) is 0 Å². The first-order valence-corrected chi connectivity index (χ1v) is 8.82. The lowest BCUT2D eigenvalue weighted by molar-refractivity contribution is 0.123. The van der Waals surface area contributed by atoms with Crippen LogP contribution in [0.5, 0.6) is 0 Å². The lowest BCUT2D eigenvalue weighted by atomic mass is 10.2. The molecule has 1 fully saturated rings. The molecule has 4 nitrogen and oxygen atoms in total. The zero-order valence-corrected chi connectivity index (χ0v) is 13.1. The monoisotopic (exact) mass is 295 g/mol. The first kappa shape index (κ1) is 13.1. The highest BCUT2D eigenvalue weighted by Gasteiger charge is 2.59. The average Bonchev–Trinajstić information content (AvgIpc) is 3.14. The van der Waals surface area contributed by atoms with Gasteiger partial charge in [0.05, 0.1) is 5.69 Å². The molecule has 1 aromatic carbocycles. The van der Waals surface area contributed by atoms with E-state index in [1.54, 1.807) is 32.7 Å². The Hall–Kier alpha value is -0.923. The molecule has 0 N–H and O–H groups in total. The van der Waals surface area contributed by atoms with Crippen LogP contribution in [-0.2, 0) is 13.3 Å². The summed E-state index contributed by atoms with van der Waals surface area (Å²) >= 11 is 1.77. The van der Waals surface area contributed by atoms with Crippen LogP contribution < -0.4 is 4.90 Å². The van der Waals surface area contributed by atoms with Gasteiger partial charge < -0.3 is 18.2 Å². The van der Waals surface area contributed by atoms with Crippen LogP contribution >= 0.6 is 11.3 Å². The predicted molar refractivity (Wildman–Crippen MR) is 79.7 cm³/mol. The summed E-state index contributed by atoms with van der Waals surface area (Å²) in [5.41, 5.74) is 1.49. The largest absolute Gasteiger partial charge is 0.525 e. The van der Waals surface area contributed by atoms with Crippen molar-refractivity contribution in [3.8, 4) is 0 Å². The zero-order chi connectivity index (χ0) is 13.5. The van der Waals surface area contributed by atoms with Crippen molar-refractivity contribution >= 4 is 35.9 Å². The van der Waals surface area contributed by atoms with E-state index in [0.717, 1.165) is 6.54 Å². The minimum atomic E-state index is -2.56. The third-order valence-corrected chi connectivity index (χ3v) is 7.61. The number of hydrogen-bond acceptors (Lipinski definition) is 5. The Balaban J connectivity index is 1.90. The third kappa shape index (κ3) is 2.00. The standard InChI is InChI=1S/C13H17NO3SSi/c1-15-19(16-2,17-3)13-8-14(13)11-9-18-12-7-5-4-6-10(11)12/h4-7,9,13H,8H2,1-3H3. The summed E-state index contributed by atoms with van der Waals surface area (Å²) in [5, 5.41) is 3.49. The molecule has 0 spiro atoms. The first-order chi connectivity index (χ1) is 9.25. The van der Waals surface area contributed by atoms with Gasteiger partial charge in [0.25, 0.3) is 0 Å². The molecule has 2 aromatic rings. The highest BCUT2D eigenvalue weighted by molar-refractivity contribution is 7.17. The van der Waals surface area contributed by atoms with E-state index in [9.17, 15) is 0 Å². The Kier molecular flexibility index (Phi) is 3.36. The summed E-state index contributed by atoms with van der Waals surface area (Å²) in [6.45, 7) is 0.933. The van der Waals surface area contributed by atoms with Gasteiger partial charge in [-0.05, 0) is 6.07 Å². The summed E-state index contributed by atoms with van der Waals surface area (Å²) in [7, 11) is 2.44. The van der Waals surface area contributed by atoms with E-state index in [1.165, 1.54) is 15.8 Å². The number of thiophene rings is 1. The van der Waals surface area contributed by atoms with Crippen LogP contribution in [0.25, 0.3) is 10.1 Å². The molecule has 0 aliphatic carbocycles. The van der Waals surface area contributed by atoms with Crippen molar-refractivity contribution in [2.24, 2.45) is 0 Å². The second kappa shape index (κ2) is 4.88. The number of fused-ring (bicyclic) bond motifs is 1. The van der Waals surface area contributed by atoms with Crippen molar-refractivity contribution in [3.05, 3.63) is 29.6 Å². The van der Waals surface area contributed by atoms with Gasteiger partial charge >= 0.3 is 8.80 Å². The third-order valence-electron chi connectivity index (χ3n) is 3.64. The molecule has 1 saturated heterocycles. The SMILES string of the molecule is CO[Si](OC)(OC)C1CN1c1csc2ccccc12. The van der Waals surface area contributed by atoms with Crippen LogP contribution in [-0.4, -0.2) is 42.3 Å². The summed E-state index contributed by atoms with van der Waals surface area (Å²) in [5.74, 6) is 0. The number of rotatable bonds is 5. The normalized spacial score (nSPS) is 19.1.